The SMILES string of the molecule is CC(C)n1nc(N2CCCC2=O)c2cnc(Nc3ccnc(N4CC[C@@H](O)[C@@H](F)C4)n3)cc21. The summed E-state index contributed by atoms with van der Waals surface area (Å²) in [5, 5.41) is 18.4. The number of rotatable bonds is 5. The molecule has 0 radical (unpaired) electrons. The standard InChI is InChI=1S/C22H27FN8O2/c1-13(2)31-16-10-19(25-11-14(16)21(28-31)30-8-3-4-20(30)33)26-18-5-7-24-22(27-18)29-9-6-17(32)15(23)12-29/h5,7,10-11,13,15,17,32H,3-4,6,8-9,12H2,1-2H3,(H,24,25,26,27)/t15-,17+/m0/s1. The maximum absolute atomic E-state index is 13.9. The predicted molar refractivity (Wildman–Crippen MR) is 123 cm³/mol. The lowest BCUT2D eigenvalue weighted by Gasteiger charge is -2.32. The second-order valence-corrected chi connectivity index (χ2v) is 8.78. The molecule has 5 heterocycles. The van der Waals surface area contributed by atoms with Crippen LogP contribution in [0.25, 0.3) is 10.9 Å². The quantitative estimate of drug-likeness (QED) is 0.605. The van der Waals surface area contributed by atoms with E-state index in [1.165, 1.54) is 0 Å². The summed E-state index contributed by atoms with van der Waals surface area (Å²) in [4.78, 5) is 29.1. The molecule has 0 bridgehead atoms. The third kappa shape index (κ3) is 4.08. The minimum atomic E-state index is -1.32. The molecule has 2 atom stereocenters. The number of piperidine rings is 1. The van der Waals surface area contributed by atoms with Crippen molar-refractivity contribution in [1.82, 2.24) is 24.7 Å². The van der Waals surface area contributed by atoms with Gasteiger partial charge in [0.25, 0.3) is 0 Å². The van der Waals surface area contributed by atoms with Crippen molar-refractivity contribution < 1.29 is 14.3 Å². The second-order valence-electron chi connectivity index (χ2n) is 8.78. The number of pyridine rings is 1. The molecule has 3 aromatic heterocycles. The Balaban J connectivity index is 1.43. The minimum absolute atomic E-state index is 0.0560. The topological polar surface area (TPSA) is 112 Å². The lowest BCUT2D eigenvalue weighted by Crippen LogP contribution is -2.45. The van der Waals surface area contributed by atoms with Gasteiger partial charge in [-0.2, -0.15) is 10.1 Å². The van der Waals surface area contributed by atoms with E-state index in [1.54, 1.807) is 28.3 Å². The number of aromatic nitrogens is 5. The van der Waals surface area contributed by atoms with Crippen LogP contribution >= 0.6 is 0 Å². The molecule has 0 unspecified atom stereocenters. The van der Waals surface area contributed by atoms with Crippen molar-refractivity contribution in [2.45, 2.75) is 51.4 Å². The fourth-order valence-corrected chi connectivity index (χ4v) is 4.33. The molecule has 0 saturated carbocycles. The highest BCUT2D eigenvalue weighted by molar-refractivity contribution is 6.03. The zero-order chi connectivity index (χ0) is 23.1. The second kappa shape index (κ2) is 8.54. The molecule has 2 saturated heterocycles. The average molecular weight is 455 g/mol. The van der Waals surface area contributed by atoms with Crippen LogP contribution in [-0.2, 0) is 4.79 Å². The first-order valence-corrected chi connectivity index (χ1v) is 11.3. The first-order valence-electron chi connectivity index (χ1n) is 11.3. The van der Waals surface area contributed by atoms with Crippen molar-refractivity contribution in [3.63, 3.8) is 0 Å². The Hall–Kier alpha value is -3.34. The summed E-state index contributed by atoms with van der Waals surface area (Å²) in [6, 6.07) is 3.71. The highest BCUT2D eigenvalue weighted by atomic mass is 19.1. The summed E-state index contributed by atoms with van der Waals surface area (Å²) in [5.41, 5.74) is 0.872. The molecular weight excluding hydrogens is 427 g/mol. The molecule has 2 N–H and O–H groups in total. The Labute approximate surface area is 190 Å². The summed E-state index contributed by atoms with van der Waals surface area (Å²) in [6.45, 7) is 5.29. The summed E-state index contributed by atoms with van der Waals surface area (Å²) >= 11 is 0. The van der Waals surface area contributed by atoms with Crippen LogP contribution in [0.2, 0.25) is 0 Å². The smallest absolute Gasteiger partial charge is 0.228 e. The van der Waals surface area contributed by atoms with Crippen LogP contribution < -0.4 is 15.1 Å². The van der Waals surface area contributed by atoms with Gasteiger partial charge in [0, 0.05) is 44.0 Å². The number of fused-ring (bicyclic) bond motifs is 1. The van der Waals surface area contributed by atoms with E-state index in [0.29, 0.717) is 49.3 Å². The number of halogens is 1. The van der Waals surface area contributed by atoms with Crippen LogP contribution in [0.3, 0.4) is 0 Å². The first kappa shape index (κ1) is 21.5. The molecular formula is C22H27FN8O2. The number of hydrogen-bond donors (Lipinski definition) is 2. The normalized spacial score (nSPS) is 21.4. The maximum atomic E-state index is 13.9. The predicted octanol–water partition coefficient (Wildman–Crippen LogP) is 2.58. The molecule has 0 spiro atoms. The number of nitrogens with zero attached hydrogens (tertiary/aromatic N) is 7. The molecule has 3 aromatic rings. The van der Waals surface area contributed by atoms with Crippen LogP contribution in [0.15, 0.2) is 24.5 Å². The van der Waals surface area contributed by atoms with Gasteiger partial charge in [-0.1, -0.05) is 0 Å². The van der Waals surface area contributed by atoms with E-state index in [-0.39, 0.29) is 18.5 Å². The van der Waals surface area contributed by atoms with Crippen LogP contribution in [-0.4, -0.2) is 67.7 Å². The molecule has 0 aromatic carbocycles. The third-order valence-corrected chi connectivity index (χ3v) is 6.08. The van der Waals surface area contributed by atoms with Crippen LogP contribution in [0.5, 0.6) is 0 Å². The summed E-state index contributed by atoms with van der Waals surface area (Å²) in [7, 11) is 0. The van der Waals surface area contributed by atoms with E-state index in [4.69, 9.17) is 5.10 Å². The van der Waals surface area contributed by atoms with E-state index in [2.05, 4.69) is 20.3 Å². The molecule has 174 valence electrons. The molecule has 5 rings (SSSR count). The van der Waals surface area contributed by atoms with Gasteiger partial charge in [-0.05, 0) is 32.8 Å². The van der Waals surface area contributed by atoms with Gasteiger partial charge < -0.3 is 15.3 Å². The fraction of sp³-hybridized carbons (Fsp3) is 0.500. The fourth-order valence-electron chi connectivity index (χ4n) is 4.33. The Morgan fingerprint density at radius 1 is 1.24 bits per heavy atom. The first-order chi connectivity index (χ1) is 15.9. The average Bonchev–Trinajstić information content (AvgIpc) is 3.38. The van der Waals surface area contributed by atoms with Gasteiger partial charge in [0.05, 0.1) is 23.6 Å². The number of anilines is 4. The van der Waals surface area contributed by atoms with E-state index >= 15 is 0 Å². The number of nitrogens with one attached hydrogen (secondary N) is 1. The van der Waals surface area contributed by atoms with Crippen LogP contribution in [0.4, 0.5) is 27.8 Å². The molecule has 0 aliphatic carbocycles. The van der Waals surface area contributed by atoms with Crippen molar-refractivity contribution in [1.29, 1.82) is 0 Å². The Morgan fingerprint density at radius 2 is 2.09 bits per heavy atom. The zero-order valence-corrected chi connectivity index (χ0v) is 18.6. The van der Waals surface area contributed by atoms with Gasteiger partial charge >= 0.3 is 0 Å². The molecule has 33 heavy (non-hydrogen) atoms. The Bertz CT molecular complexity index is 1180. The molecule has 2 aliphatic rings. The van der Waals surface area contributed by atoms with Crippen LogP contribution in [0, 0.1) is 0 Å². The van der Waals surface area contributed by atoms with Gasteiger partial charge in [0.15, 0.2) is 5.82 Å². The van der Waals surface area contributed by atoms with Crippen molar-refractivity contribution in [3.8, 4) is 0 Å². The van der Waals surface area contributed by atoms with Gasteiger partial charge in [0.2, 0.25) is 11.9 Å². The number of aliphatic hydroxyl groups is 1. The molecule has 11 heteroatoms. The molecule has 2 fully saturated rings. The number of hydrogen-bond acceptors (Lipinski definition) is 8. The monoisotopic (exact) mass is 454 g/mol. The summed E-state index contributed by atoms with van der Waals surface area (Å²) < 4.78 is 15.8. The molecule has 10 nitrogen and oxygen atoms in total. The van der Waals surface area contributed by atoms with Crippen molar-refractivity contribution in [2.75, 3.05) is 34.8 Å². The number of carbonyl (C=O) groups is 1. The van der Waals surface area contributed by atoms with Crippen molar-refractivity contribution in [3.05, 3.63) is 24.5 Å². The van der Waals surface area contributed by atoms with Gasteiger partial charge in [-0.3, -0.25) is 14.4 Å². The lowest BCUT2D eigenvalue weighted by molar-refractivity contribution is -0.117. The van der Waals surface area contributed by atoms with Crippen molar-refractivity contribution >= 4 is 40.2 Å². The minimum Gasteiger partial charge on any atom is -0.390 e. The van der Waals surface area contributed by atoms with E-state index in [0.717, 1.165) is 17.3 Å². The maximum Gasteiger partial charge on any atom is 0.228 e. The number of carbonyl (C=O) groups excluding carboxylic acids is 1. The summed E-state index contributed by atoms with van der Waals surface area (Å²) in [5.74, 6) is 2.24. The van der Waals surface area contributed by atoms with Gasteiger partial charge in [-0.15, -0.1) is 0 Å². The number of alkyl halides is 1. The van der Waals surface area contributed by atoms with Gasteiger partial charge in [-0.25, -0.2) is 14.4 Å². The van der Waals surface area contributed by atoms with E-state index in [9.17, 15) is 14.3 Å². The molecule has 2 aliphatic heterocycles. The Kier molecular flexibility index (Phi) is 5.57. The van der Waals surface area contributed by atoms with E-state index < -0.39 is 12.3 Å². The highest BCUT2D eigenvalue weighted by Crippen LogP contribution is 2.32. The van der Waals surface area contributed by atoms with Gasteiger partial charge in [0.1, 0.15) is 17.8 Å². The largest absolute Gasteiger partial charge is 0.390 e. The number of amides is 1. The highest BCUT2D eigenvalue weighted by Gasteiger charge is 2.29. The van der Waals surface area contributed by atoms with Crippen LogP contribution in [0.1, 0.15) is 39.2 Å². The molecule has 1 amide bonds. The number of aliphatic hydroxyl groups excluding tert-OH is 1. The third-order valence-electron chi connectivity index (χ3n) is 6.08. The summed E-state index contributed by atoms with van der Waals surface area (Å²) in [6.07, 6.45) is 2.78. The Morgan fingerprint density at radius 3 is 2.82 bits per heavy atom. The van der Waals surface area contributed by atoms with Crippen molar-refractivity contribution in [2.24, 2.45) is 0 Å². The van der Waals surface area contributed by atoms with E-state index in [1.807, 2.05) is 24.6 Å². The lowest BCUT2D eigenvalue weighted by atomic mass is 10.1. The zero-order valence-electron chi connectivity index (χ0n) is 18.6.